The van der Waals surface area contributed by atoms with Crippen LogP contribution < -0.4 is 4.74 Å². The molecule has 0 spiro atoms. The highest BCUT2D eigenvalue weighted by molar-refractivity contribution is 5.89. The summed E-state index contributed by atoms with van der Waals surface area (Å²) in [7, 11) is 0. The molecule has 0 unspecified atom stereocenters. The number of aromatic carboxylic acids is 1. The van der Waals surface area contributed by atoms with Crippen LogP contribution in [0.25, 0.3) is 11.3 Å². The van der Waals surface area contributed by atoms with Crippen LogP contribution in [0.2, 0.25) is 0 Å². The lowest BCUT2D eigenvalue weighted by Gasteiger charge is -2.07. The van der Waals surface area contributed by atoms with E-state index in [1.54, 1.807) is 6.92 Å². The number of H-pyrrole nitrogens is 1. The smallest absolute Gasteiger partial charge is 0.354 e. The second-order valence-corrected chi connectivity index (χ2v) is 5.84. The molecule has 0 aliphatic rings. The van der Waals surface area contributed by atoms with Gasteiger partial charge in [0.25, 0.3) is 0 Å². The Morgan fingerprint density at radius 2 is 1.84 bits per heavy atom. The molecule has 0 saturated heterocycles. The van der Waals surface area contributed by atoms with E-state index in [-0.39, 0.29) is 5.69 Å². The molecule has 1 aromatic heterocycles. The second-order valence-electron chi connectivity index (χ2n) is 5.84. The third kappa shape index (κ3) is 4.07. The fourth-order valence-corrected chi connectivity index (χ4v) is 2.71. The van der Waals surface area contributed by atoms with Gasteiger partial charge in [-0.15, -0.1) is 0 Å². The van der Waals surface area contributed by atoms with Crippen LogP contribution in [0.4, 0.5) is 0 Å². The van der Waals surface area contributed by atoms with E-state index in [1.807, 2.05) is 42.5 Å². The minimum absolute atomic E-state index is 0.122. The first-order chi connectivity index (χ1) is 12.1. The molecule has 0 radical (unpaired) electrons. The average molecular weight is 336 g/mol. The van der Waals surface area contributed by atoms with Crippen LogP contribution in [0.5, 0.6) is 5.75 Å². The van der Waals surface area contributed by atoms with E-state index in [0.29, 0.717) is 17.9 Å². The third-order valence-corrected chi connectivity index (χ3v) is 4.07. The van der Waals surface area contributed by atoms with Gasteiger partial charge in [-0.3, -0.25) is 5.10 Å². The molecule has 5 heteroatoms. The molecule has 3 aromatic rings. The van der Waals surface area contributed by atoms with Gasteiger partial charge >= 0.3 is 5.97 Å². The van der Waals surface area contributed by atoms with E-state index >= 15 is 0 Å². The Labute approximate surface area is 146 Å². The van der Waals surface area contributed by atoms with Gasteiger partial charge in [0, 0.05) is 11.1 Å². The van der Waals surface area contributed by atoms with Crippen molar-refractivity contribution < 1.29 is 14.6 Å². The molecule has 1 heterocycles. The number of benzene rings is 2. The fourth-order valence-electron chi connectivity index (χ4n) is 2.71. The lowest BCUT2D eigenvalue weighted by Crippen LogP contribution is -1.99. The van der Waals surface area contributed by atoms with Crippen molar-refractivity contribution in [3.63, 3.8) is 0 Å². The zero-order chi connectivity index (χ0) is 17.6. The Bertz CT molecular complexity index is 839. The number of hydrogen-bond donors (Lipinski definition) is 2. The van der Waals surface area contributed by atoms with Gasteiger partial charge in [0.15, 0.2) is 0 Å². The van der Waals surface area contributed by atoms with Crippen molar-refractivity contribution in [1.82, 2.24) is 10.2 Å². The average Bonchev–Trinajstić information content (AvgIpc) is 3.02. The highest BCUT2D eigenvalue weighted by Crippen LogP contribution is 2.25. The van der Waals surface area contributed by atoms with Gasteiger partial charge < -0.3 is 9.84 Å². The quantitative estimate of drug-likeness (QED) is 0.637. The van der Waals surface area contributed by atoms with Crippen molar-refractivity contribution in [3.8, 4) is 17.0 Å². The summed E-state index contributed by atoms with van der Waals surface area (Å²) >= 11 is 0. The number of carbonyl (C=O) groups is 1. The summed E-state index contributed by atoms with van der Waals surface area (Å²) in [5.41, 5.74) is 3.57. The number of aryl methyl sites for hydroxylation is 1. The first kappa shape index (κ1) is 16.8. The van der Waals surface area contributed by atoms with Crippen LogP contribution in [0, 0.1) is 6.92 Å². The molecule has 0 aliphatic heterocycles. The van der Waals surface area contributed by atoms with E-state index in [2.05, 4.69) is 22.3 Å². The van der Waals surface area contributed by atoms with E-state index in [1.165, 1.54) is 5.56 Å². The number of hydrogen-bond acceptors (Lipinski definition) is 3. The maximum atomic E-state index is 11.1. The first-order valence-electron chi connectivity index (χ1n) is 8.20. The minimum Gasteiger partial charge on any atom is -0.494 e. The van der Waals surface area contributed by atoms with E-state index in [0.717, 1.165) is 24.2 Å². The zero-order valence-electron chi connectivity index (χ0n) is 14.0. The van der Waals surface area contributed by atoms with Crippen molar-refractivity contribution >= 4 is 5.97 Å². The summed E-state index contributed by atoms with van der Waals surface area (Å²) in [6, 6.07) is 17.9. The van der Waals surface area contributed by atoms with Gasteiger partial charge in [-0.25, -0.2) is 4.79 Å². The molecule has 0 aliphatic carbocycles. The zero-order valence-corrected chi connectivity index (χ0v) is 14.0. The van der Waals surface area contributed by atoms with Gasteiger partial charge in [-0.2, -0.15) is 5.10 Å². The Balaban J connectivity index is 1.56. The lowest BCUT2D eigenvalue weighted by molar-refractivity contribution is 0.0689. The van der Waals surface area contributed by atoms with Crippen molar-refractivity contribution in [2.75, 3.05) is 6.61 Å². The number of nitrogens with one attached hydrogen (secondary N) is 1. The summed E-state index contributed by atoms with van der Waals surface area (Å²) < 4.78 is 5.77. The second kappa shape index (κ2) is 7.66. The molecule has 3 rings (SSSR count). The van der Waals surface area contributed by atoms with Crippen LogP contribution in [0.3, 0.4) is 0 Å². The summed E-state index contributed by atoms with van der Waals surface area (Å²) in [5.74, 6) is -0.210. The number of carboxylic acids is 1. The summed E-state index contributed by atoms with van der Waals surface area (Å²) in [6.07, 6.45) is 1.94. The number of nitrogens with zero attached hydrogens (tertiary/aromatic N) is 1. The molecular weight excluding hydrogens is 316 g/mol. The molecule has 2 N–H and O–H groups in total. The summed E-state index contributed by atoms with van der Waals surface area (Å²) in [4.78, 5) is 11.1. The Morgan fingerprint density at radius 3 is 2.48 bits per heavy atom. The standard InChI is InChI=1S/C20H20N2O3/c1-14-18(21-22-19(14)20(23)24)16-9-11-17(12-10-16)25-13-5-8-15-6-3-2-4-7-15/h2-4,6-7,9-12H,5,8,13H2,1H3,(H,21,22)(H,23,24). The SMILES string of the molecule is Cc1c(-c2ccc(OCCCc3ccccc3)cc2)n[nH]c1C(=O)O. The maximum absolute atomic E-state index is 11.1. The van der Waals surface area contributed by atoms with E-state index < -0.39 is 5.97 Å². The van der Waals surface area contributed by atoms with Crippen LogP contribution in [0.1, 0.15) is 28.0 Å². The number of rotatable bonds is 7. The highest BCUT2D eigenvalue weighted by atomic mass is 16.5. The first-order valence-corrected chi connectivity index (χ1v) is 8.20. The minimum atomic E-state index is -1.00. The fraction of sp³-hybridized carbons (Fsp3) is 0.200. The van der Waals surface area contributed by atoms with Gasteiger partial charge in [0.1, 0.15) is 11.4 Å². The molecule has 25 heavy (non-hydrogen) atoms. The number of carboxylic acid groups (broad SMARTS) is 1. The van der Waals surface area contributed by atoms with Gasteiger partial charge in [-0.05, 0) is 49.6 Å². The van der Waals surface area contributed by atoms with Crippen LogP contribution in [-0.2, 0) is 6.42 Å². The molecule has 0 amide bonds. The number of aromatic amines is 1. The topological polar surface area (TPSA) is 75.2 Å². The lowest BCUT2D eigenvalue weighted by atomic mass is 10.1. The summed E-state index contributed by atoms with van der Waals surface area (Å²) in [5, 5.41) is 15.7. The Hall–Kier alpha value is -3.08. The molecule has 0 atom stereocenters. The van der Waals surface area contributed by atoms with Crippen molar-refractivity contribution in [2.45, 2.75) is 19.8 Å². The molecule has 0 fully saturated rings. The van der Waals surface area contributed by atoms with Crippen LogP contribution in [-0.4, -0.2) is 27.9 Å². The molecule has 128 valence electrons. The summed E-state index contributed by atoms with van der Waals surface area (Å²) in [6.45, 7) is 2.40. The monoisotopic (exact) mass is 336 g/mol. The predicted octanol–water partition coefficient (Wildman–Crippen LogP) is 4.09. The van der Waals surface area contributed by atoms with E-state index in [9.17, 15) is 4.79 Å². The number of ether oxygens (including phenoxy) is 1. The van der Waals surface area contributed by atoms with Crippen LogP contribution in [0.15, 0.2) is 54.6 Å². The van der Waals surface area contributed by atoms with Crippen LogP contribution >= 0.6 is 0 Å². The Kier molecular flexibility index (Phi) is 5.14. The Morgan fingerprint density at radius 1 is 1.12 bits per heavy atom. The van der Waals surface area contributed by atoms with Gasteiger partial charge in [0.05, 0.1) is 12.3 Å². The van der Waals surface area contributed by atoms with Gasteiger partial charge in [0.2, 0.25) is 0 Å². The van der Waals surface area contributed by atoms with Crippen molar-refractivity contribution in [1.29, 1.82) is 0 Å². The van der Waals surface area contributed by atoms with Crippen molar-refractivity contribution in [2.24, 2.45) is 0 Å². The normalized spacial score (nSPS) is 10.6. The predicted molar refractivity (Wildman–Crippen MR) is 96.0 cm³/mol. The molecule has 2 aromatic carbocycles. The highest BCUT2D eigenvalue weighted by Gasteiger charge is 2.15. The molecule has 5 nitrogen and oxygen atoms in total. The molecular formula is C20H20N2O3. The molecule has 0 saturated carbocycles. The van der Waals surface area contributed by atoms with Gasteiger partial charge in [-0.1, -0.05) is 30.3 Å². The molecule has 0 bridgehead atoms. The number of aromatic nitrogens is 2. The van der Waals surface area contributed by atoms with E-state index in [4.69, 9.17) is 9.84 Å². The third-order valence-electron chi connectivity index (χ3n) is 4.07. The largest absolute Gasteiger partial charge is 0.494 e. The maximum Gasteiger partial charge on any atom is 0.354 e. The van der Waals surface area contributed by atoms with Crippen molar-refractivity contribution in [3.05, 3.63) is 71.4 Å².